The lowest BCUT2D eigenvalue weighted by molar-refractivity contribution is -0.140. The number of carboxylic acid groups (broad SMARTS) is 2. The predicted octanol–water partition coefficient (Wildman–Crippen LogP) is 0.0214. The van der Waals surface area contributed by atoms with Crippen LogP contribution in [-0.4, -0.2) is 40.8 Å². The second kappa shape index (κ2) is 8.06. The Bertz CT molecular complexity index is 233. The lowest BCUT2D eigenvalue weighted by Gasteiger charge is -2.13. The third kappa shape index (κ3) is 6.36. The van der Waals surface area contributed by atoms with Crippen LogP contribution in [0.3, 0.4) is 0 Å². The molecular formula is C10H20N2O4. The van der Waals surface area contributed by atoms with Gasteiger partial charge in [0, 0.05) is 0 Å². The third-order valence-electron chi connectivity index (χ3n) is 2.28. The lowest BCUT2D eigenvalue weighted by atomic mass is 10.1. The molecule has 2 atom stereocenters. The highest BCUT2D eigenvalue weighted by Crippen LogP contribution is 1.99. The molecule has 6 nitrogen and oxygen atoms in total. The first-order valence-electron chi connectivity index (χ1n) is 5.43. The molecule has 0 saturated heterocycles. The summed E-state index contributed by atoms with van der Waals surface area (Å²) in [6, 6.07) is -1.41. The number of hydrogen-bond donors (Lipinski definition) is 4. The number of carbonyl (C=O) groups is 2. The van der Waals surface area contributed by atoms with Crippen molar-refractivity contribution in [3.8, 4) is 0 Å². The molecule has 5 N–H and O–H groups in total. The summed E-state index contributed by atoms with van der Waals surface area (Å²) in [5.74, 6) is -1.90. The van der Waals surface area contributed by atoms with E-state index in [1.54, 1.807) is 0 Å². The molecule has 0 aromatic heterocycles. The molecule has 16 heavy (non-hydrogen) atoms. The van der Waals surface area contributed by atoms with Gasteiger partial charge in [-0.3, -0.25) is 9.59 Å². The van der Waals surface area contributed by atoms with E-state index in [0.717, 1.165) is 6.42 Å². The molecule has 0 bridgehead atoms. The molecular weight excluding hydrogens is 212 g/mol. The van der Waals surface area contributed by atoms with Crippen molar-refractivity contribution in [3.05, 3.63) is 0 Å². The number of rotatable bonds is 9. The molecule has 0 aliphatic carbocycles. The van der Waals surface area contributed by atoms with Gasteiger partial charge < -0.3 is 21.3 Å². The van der Waals surface area contributed by atoms with Crippen molar-refractivity contribution in [2.45, 2.75) is 44.7 Å². The number of aliphatic carboxylic acids is 2. The summed E-state index contributed by atoms with van der Waals surface area (Å²) in [5.41, 5.74) is 5.31. The van der Waals surface area contributed by atoms with Gasteiger partial charge in [0.15, 0.2) is 0 Å². The summed E-state index contributed by atoms with van der Waals surface area (Å²) in [5, 5.41) is 20.2. The van der Waals surface area contributed by atoms with Gasteiger partial charge in [-0.25, -0.2) is 0 Å². The average molecular weight is 232 g/mol. The second-order valence-corrected chi connectivity index (χ2v) is 3.72. The maximum Gasteiger partial charge on any atom is 0.320 e. The van der Waals surface area contributed by atoms with Crippen molar-refractivity contribution in [1.29, 1.82) is 0 Å². The number of nitrogens with one attached hydrogen (secondary N) is 1. The van der Waals surface area contributed by atoms with Gasteiger partial charge in [-0.2, -0.15) is 0 Å². The Hall–Kier alpha value is -1.14. The topological polar surface area (TPSA) is 113 Å². The van der Waals surface area contributed by atoms with Gasteiger partial charge in [-0.05, 0) is 25.8 Å². The summed E-state index contributed by atoms with van der Waals surface area (Å²) in [6.45, 7) is 2.38. The summed E-state index contributed by atoms with van der Waals surface area (Å²) < 4.78 is 0. The number of nitrogens with two attached hydrogens (primary N) is 1. The first-order valence-corrected chi connectivity index (χ1v) is 5.43. The van der Waals surface area contributed by atoms with Crippen LogP contribution in [0.15, 0.2) is 0 Å². The van der Waals surface area contributed by atoms with Gasteiger partial charge in [-0.1, -0.05) is 13.3 Å². The minimum atomic E-state index is -1.02. The van der Waals surface area contributed by atoms with Crippen LogP contribution in [0.2, 0.25) is 0 Å². The zero-order valence-corrected chi connectivity index (χ0v) is 9.48. The van der Waals surface area contributed by atoms with Crippen LogP contribution < -0.4 is 11.1 Å². The SMILES string of the molecule is CCC[C@H](NCCC[C@H](N)C(=O)O)C(=O)O. The molecule has 0 saturated carbocycles. The minimum absolute atomic E-state index is 0.348. The van der Waals surface area contributed by atoms with Crippen molar-refractivity contribution >= 4 is 11.9 Å². The normalized spacial score (nSPS) is 14.4. The molecule has 0 rings (SSSR count). The van der Waals surface area contributed by atoms with Gasteiger partial charge in [0.05, 0.1) is 0 Å². The summed E-state index contributed by atoms with van der Waals surface area (Å²) >= 11 is 0. The van der Waals surface area contributed by atoms with Gasteiger partial charge in [0.25, 0.3) is 0 Å². The fourth-order valence-corrected chi connectivity index (χ4v) is 1.32. The minimum Gasteiger partial charge on any atom is -0.480 e. The first kappa shape index (κ1) is 14.9. The highest BCUT2D eigenvalue weighted by atomic mass is 16.4. The van der Waals surface area contributed by atoms with Crippen LogP contribution in [0.1, 0.15) is 32.6 Å². The van der Waals surface area contributed by atoms with Gasteiger partial charge in [0.1, 0.15) is 12.1 Å². The van der Waals surface area contributed by atoms with Crippen LogP contribution in [-0.2, 0) is 9.59 Å². The van der Waals surface area contributed by atoms with E-state index in [4.69, 9.17) is 15.9 Å². The van der Waals surface area contributed by atoms with E-state index in [1.807, 2.05) is 6.92 Å². The average Bonchev–Trinajstić information content (AvgIpc) is 2.21. The Morgan fingerprint density at radius 1 is 1.25 bits per heavy atom. The molecule has 6 heteroatoms. The fraction of sp³-hybridized carbons (Fsp3) is 0.800. The van der Waals surface area contributed by atoms with E-state index in [0.29, 0.717) is 25.8 Å². The standard InChI is InChI=1S/C10H20N2O4/c1-2-4-8(10(15)16)12-6-3-5-7(11)9(13)14/h7-8,12H,2-6,11H2,1H3,(H,13,14)(H,15,16)/t7-,8-/m0/s1. The Kier molecular flexibility index (Phi) is 7.49. The van der Waals surface area contributed by atoms with Crippen LogP contribution in [0, 0.1) is 0 Å². The third-order valence-corrected chi connectivity index (χ3v) is 2.28. The Balaban J connectivity index is 3.70. The van der Waals surface area contributed by atoms with Crippen molar-refractivity contribution in [1.82, 2.24) is 5.32 Å². The summed E-state index contributed by atoms with van der Waals surface area (Å²) in [4.78, 5) is 21.1. The van der Waals surface area contributed by atoms with E-state index in [9.17, 15) is 9.59 Å². The quantitative estimate of drug-likeness (QED) is 0.417. The van der Waals surface area contributed by atoms with Crippen LogP contribution in [0.4, 0.5) is 0 Å². The van der Waals surface area contributed by atoms with Crippen LogP contribution in [0.25, 0.3) is 0 Å². The van der Waals surface area contributed by atoms with E-state index < -0.39 is 24.0 Å². The maximum atomic E-state index is 10.7. The fourth-order valence-electron chi connectivity index (χ4n) is 1.32. The predicted molar refractivity (Wildman–Crippen MR) is 59.2 cm³/mol. The Morgan fingerprint density at radius 3 is 2.31 bits per heavy atom. The van der Waals surface area contributed by atoms with Crippen molar-refractivity contribution in [3.63, 3.8) is 0 Å². The Morgan fingerprint density at radius 2 is 1.88 bits per heavy atom. The molecule has 94 valence electrons. The maximum absolute atomic E-state index is 10.7. The first-order chi connectivity index (χ1) is 7.49. The summed E-state index contributed by atoms with van der Waals surface area (Å²) in [6.07, 6.45) is 2.26. The molecule has 0 amide bonds. The molecule has 0 unspecified atom stereocenters. The monoisotopic (exact) mass is 232 g/mol. The largest absolute Gasteiger partial charge is 0.480 e. The summed E-state index contributed by atoms with van der Waals surface area (Å²) in [7, 11) is 0. The highest BCUT2D eigenvalue weighted by Gasteiger charge is 2.15. The molecule has 0 fully saturated rings. The van der Waals surface area contributed by atoms with Crippen molar-refractivity contribution in [2.24, 2.45) is 5.73 Å². The molecule has 0 aliphatic heterocycles. The zero-order valence-electron chi connectivity index (χ0n) is 9.48. The number of hydrogen-bond acceptors (Lipinski definition) is 4. The molecule has 0 radical (unpaired) electrons. The van der Waals surface area contributed by atoms with Crippen LogP contribution >= 0.6 is 0 Å². The van der Waals surface area contributed by atoms with Crippen molar-refractivity contribution < 1.29 is 19.8 Å². The lowest BCUT2D eigenvalue weighted by Crippen LogP contribution is -2.38. The van der Waals surface area contributed by atoms with E-state index in [-0.39, 0.29) is 0 Å². The van der Waals surface area contributed by atoms with Gasteiger partial charge >= 0.3 is 11.9 Å². The van der Waals surface area contributed by atoms with Crippen LogP contribution in [0.5, 0.6) is 0 Å². The molecule has 0 heterocycles. The van der Waals surface area contributed by atoms with E-state index in [1.165, 1.54) is 0 Å². The number of carboxylic acids is 2. The van der Waals surface area contributed by atoms with Gasteiger partial charge in [-0.15, -0.1) is 0 Å². The highest BCUT2D eigenvalue weighted by molar-refractivity contribution is 5.73. The molecule has 0 aromatic carbocycles. The second-order valence-electron chi connectivity index (χ2n) is 3.72. The molecule has 0 aliphatic rings. The molecule has 0 aromatic rings. The van der Waals surface area contributed by atoms with E-state index in [2.05, 4.69) is 5.32 Å². The zero-order chi connectivity index (χ0) is 12.6. The Labute approximate surface area is 94.8 Å². The molecule has 0 spiro atoms. The van der Waals surface area contributed by atoms with Gasteiger partial charge in [0.2, 0.25) is 0 Å². The van der Waals surface area contributed by atoms with E-state index >= 15 is 0 Å². The smallest absolute Gasteiger partial charge is 0.320 e. The van der Waals surface area contributed by atoms with Crippen molar-refractivity contribution in [2.75, 3.05) is 6.54 Å².